The zero-order valence-electron chi connectivity index (χ0n) is 24.4. The van der Waals surface area contributed by atoms with Crippen LogP contribution in [0.2, 0.25) is 0 Å². The fourth-order valence-electron chi connectivity index (χ4n) is 4.64. The highest BCUT2D eigenvalue weighted by Gasteiger charge is 2.16. The predicted molar refractivity (Wildman–Crippen MR) is 169 cm³/mol. The lowest BCUT2D eigenvalue weighted by atomic mass is 9.97. The maximum atomic E-state index is 6.41. The van der Waals surface area contributed by atoms with E-state index in [0.717, 1.165) is 52.6 Å². The number of anilines is 1. The number of aromatic nitrogens is 2. The third kappa shape index (κ3) is 7.63. The van der Waals surface area contributed by atoms with Crippen molar-refractivity contribution in [2.45, 2.75) is 47.2 Å². The topological polar surface area (TPSA) is 59.1 Å². The molecule has 3 aromatic rings. The molecule has 0 fully saturated rings. The van der Waals surface area contributed by atoms with Crippen LogP contribution < -0.4 is 11.1 Å². The monoisotopic (exact) mass is 521 g/mol. The van der Waals surface area contributed by atoms with Crippen LogP contribution in [0.1, 0.15) is 49.6 Å². The molecule has 0 atom stereocenters. The van der Waals surface area contributed by atoms with Gasteiger partial charge >= 0.3 is 0 Å². The Morgan fingerprint density at radius 1 is 1.05 bits per heavy atom. The van der Waals surface area contributed by atoms with Gasteiger partial charge in [-0.1, -0.05) is 63.4 Å². The summed E-state index contributed by atoms with van der Waals surface area (Å²) in [5.41, 5.74) is 17.9. The third-order valence-electron chi connectivity index (χ3n) is 6.60. The summed E-state index contributed by atoms with van der Waals surface area (Å²) in [6.45, 7) is 18.4. The highest BCUT2D eigenvalue weighted by molar-refractivity contribution is 5.76. The molecule has 5 heteroatoms. The van der Waals surface area contributed by atoms with Gasteiger partial charge in [0.15, 0.2) is 0 Å². The van der Waals surface area contributed by atoms with Gasteiger partial charge < -0.3 is 11.1 Å². The van der Waals surface area contributed by atoms with Crippen molar-refractivity contribution in [1.29, 1.82) is 0 Å². The van der Waals surface area contributed by atoms with Crippen molar-refractivity contribution in [3.8, 4) is 24.0 Å². The summed E-state index contributed by atoms with van der Waals surface area (Å²) < 4.78 is 1.93. The zero-order chi connectivity index (χ0) is 29.1. The Kier molecular flexibility index (Phi) is 11.6. The number of nitrogens with one attached hydrogen (secondary N) is 1. The number of aryl methyl sites for hydroxylation is 1. The molecule has 2 heterocycles. The normalized spacial score (nSPS) is 15.7. The van der Waals surface area contributed by atoms with Gasteiger partial charge in [-0.3, -0.25) is 9.58 Å². The van der Waals surface area contributed by atoms with E-state index in [1.165, 1.54) is 22.3 Å². The lowest BCUT2D eigenvalue weighted by Gasteiger charge is -2.19. The molecule has 5 nitrogen and oxygen atoms in total. The van der Waals surface area contributed by atoms with Gasteiger partial charge in [-0.25, -0.2) is 0 Å². The minimum atomic E-state index is 0.587. The second-order valence-electron chi connectivity index (χ2n) is 9.32. The van der Waals surface area contributed by atoms with Gasteiger partial charge in [0.2, 0.25) is 0 Å². The van der Waals surface area contributed by atoms with E-state index in [0.29, 0.717) is 6.42 Å². The molecular formula is C34H43N5. The van der Waals surface area contributed by atoms with E-state index < -0.39 is 0 Å². The van der Waals surface area contributed by atoms with Crippen molar-refractivity contribution in [2.24, 2.45) is 12.8 Å². The summed E-state index contributed by atoms with van der Waals surface area (Å²) in [6, 6.07) is 15.1. The number of nitrogens with two attached hydrogens (primary N) is 1. The van der Waals surface area contributed by atoms with E-state index in [1.54, 1.807) is 0 Å². The summed E-state index contributed by atoms with van der Waals surface area (Å²) in [7, 11) is 4.12. The van der Waals surface area contributed by atoms with Crippen LogP contribution in [-0.4, -0.2) is 21.7 Å². The highest BCUT2D eigenvalue weighted by atomic mass is 15.3. The number of rotatable bonds is 1. The van der Waals surface area contributed by atoms with E-state index in [2.05, 4.69) is 104 Å². The van der Waals surface area contributed by atoms with E-state index in [4.69, 9.17) is 5.73 Å². The fourth-order valence-corrected chi connectivity index (χ4v) is 4.64. The number of fused-ring (bicyclic) bond motifs is 6. The van der Waals surface area contributed by atoms with Gasteiger partial charge in [0.1, 0.15) is 0 Å². The molecule has 0 unspecified atom stereocenters. The zero-order valence-corrected chi connectivity index (χ0v) is 24.4. The van der Waals surface area contributed by atoms with E-state index in [9.17, 15) is 0 Å². The minimum Gasteiger partial charge on any atom is -0.399 e. The van der Waals surface area contributed by atoms with Crippen LogP contribution in [0.15, 0.2) is 90.9 Å². The number of benzene rings is 2. The summed E-state index contributed by atoms with van der Waals surface area (Å²) in [5, 5.41) is 8.07. The Bertz CT molecular complexity index is 1380. The number of hydrogen-bond donors (Lipinski definition) is 2. The van der Waals surface area contributed by atoms with Crippen molar-refractivity contribution in [1.82, 2.24) is 14.7 Å². The minimum absolute atomic E-state index is 0.587. The Hall–Kier alpha value is -4.27. The molecule has 1 aromatic heterocycles. The maximum absolute atomic E-state index is 6.41. The van der Waals surface area contributed by atoms with Gasteiger partial charge in [-0.2, -0.15) is 5.10 Å². The first-order valence-corrected chi connectivity index (χ1v) is 13.2. The molecule has 0 aliphatic carbocycles. The second-order valence-corrected chi connectivity index (χ2v) is 9.32. The number of hydrogen-bond acceptors (Lipinski definition) is 4. The Labute approximate surface area is 235 Å². The van der Waals surface area contributed by atoms with Crippen molar-refractivity contribution < 1.29 is 0 Å². The predicted octanol–water partition coefficient (Wildman–Crippen LogP) is 7.43. The van der Waals surface area contributed by atoms with Crippen LogP contribution >= 0.6 is 0 Å². The second kappa shape index (κ2) is 14.6. The first-order chi connectivity index (χ1) is 18.8. The van der Waals surface area contributed by atoms with Gasteiger partial charge in [0.25, 0.3) is 0 Å². The lowest BCUT2D eigenvalue weighted by Crippen LogP contribution is -2.20. The molecule has 0 radical (unpaired) electrons. The summed E-state index contributed by atoms with van der Waals surface area (Å²) in [5.74, 6) is 0. The highest BCUT2D eigenvalue weighted by Crippen LogP contribution is 2.32. The first-order valence-electron chi connectivity index (χ1n) is 13.2. The van der Waals surface area contributed by atoms with Gasteiger partial charge in [0, 0.05) is 49.2 Å². The van der Waals surface area contributed by atoms with Crippen LogP contribution in [0, 0.1) is 19.8 Å². The van der Waals surface area contributed by atoms with Crippen molar-refractivity contribution in [3.05, 3.63) is 113 Å². The molecule has 1 aliphatic heterocycles. The molecule has 1 aliphatic rings. The molecule has 0 saturated heterocycles. The molecule has 4 rings (SSSR count). The van der Waals surface area contributed by atoms with E-state index >= 15 is 0 Å². The van der Waals surface area contributed by atoms with Crippen LogP contribution in [0.4, 0.5) is 5.69 Å². The van der Waals surface area contributed by atoms with Gasteiger partial charge in [-0.05, 0) is 72.5 Å². The van der Waals surface area contributed by atoms with Crippen molar-refractivity contribution in [3.63, 3.8) is 0 Å². The Morgan fingerprint density at radius 3 is 2.44 bits per heavy atom. The van der Waals surface area contributed by atoms with Crippen molar-refractivity contribution in [2.75, 3.05) is 12.4 Å². The van der Waals surface area contributed by atoms with Crippen LogP contribution in [-0.2, 0) is 20.1 Å². The molecule has 0 spiro atoms. The standard InChI is InChI=1S/C30H35N5.C2H6.C2H2/c1-7-28(31)25-14-20(2)27-17-32-35(6)30(27)19-34(5)18-23-10-8-11-24(16-23)26-12-9-13-29(22(26)4)33-21(3)15-25;2*1-2/h7-14,16-17,33H,2-3,15,18-19,31H2,1,4-6H3;1-2H3;1-2H/b25-14-,28-7+;;. The number of terminal acetylenes is 1. The quantitative estimate of drug-likeness (QED) is 0.327. The molecule has 0 saturated carbocycles. The van der Waals surface area contributed by atoms with Gasteiger partial charge in [0.05, 0.1) is 11.9 Å². The SMILES string of the molecule is C#C.C=C1CC(/C(N)=C\C)=C/C(=C)c2cnn(C)c2CN(C)Cc2cccc(c2)-c2cccc(c2C)N1.CC. The average molecular weight is 522 g/mol. The first kappa shape index (κ1) is 31.0. The molecule has 204 valence electrons. The third-order valence-corrected chi connectivity index (χ3v) is 6.60. The molecule has 2 aromatic carbocycles. The molecular weight excluding hydrogens is 478 g/mol. The van der Waals surface area contributed by atoms with Crippen molar-refractivity contribution >= 4 is 11.3 Å². The molecule has 0 amide bonds. The maximum Gasteiger partial charge on any atom is 0.0599 e. The summed E-state index contributed by atoms with van der Waals surface area (Å²) in [4.78, 5) is 2.31. The molecule has 4 bridgehead atoms. The number of allylic oxidation sites excluding steroid dienone is 5. The molecule has 39 heavy (non-hydrogen) atoms. The smallest absolute Gasteiger partial charge is 0.0599 e. The summed E-state index contributed by atoms with van der Waals surface area (Å²) >= 11 is 0. The average Bonchev–Trinajstić information content (AvgIpc) is 3.30. The van der Waals surface area contributed by atoms with E-state index in [1.807, 2.05) is 44.8 Å². The van der Waals surface area contributed by atoms with Crippen LogP contribution in [0.5, 0.6) is 0 Å². The molecule has 3 N–H and O–H groups in total. The van der Waals surface area contributed by atoms with Crippen LogP contribution in [0.25, 0.3) is 16.7 Å². The van der Waals surface area contributed by atoms with Gasteiger partial charge in [-0.15, -0.1) is 12.8 Å². The Balaban J connectivity index is 0.00000127. The number of nitrogens with zero attached hydrogens (tertiary/aromatic N) is 3. The van der Waals surface area contributed by atoms with E-state index in [-0.39, 0.29) is 0 Å². The van der Waals surface area contributed by atoms with Crippen LogP contribution in [0.3, 0.4) is 0 Å². The largest absolute Gasteiger partial charge is 0.399 e. The lowest BCUT2D eigenvalue weighted by molar-refractivity contribution is 0.309. The fraction of sp³-hybridized carbons (Fsp3) is 0.265. The summed E-state index contributed by atoms with van der Waals surface area (Å²) in [6.07, 6.45) is 14.5. The Morgan fingerprint density at radius 2 is 1.74 bits per heavy atom.